The minimum atomic E-state index is -0.487. The Bertz CT molecular complexity index is 603. The zero-order valence-corrected chi connectivity index (χ0v) is 11.5. The molecule has 0 aliphatic heterocycles. The molecule has 2 aromatic rings. The maximum Gasteiger partial charge on any atom is 0.357 e. The summed E-state index contributed by atoms with van der Waals surface area (Å²) in [6.07, 6.45) is 0. The van der Waals surface area contributed by atoms with Gasteiger partial charge in [0, 0.05) is 11.1 Å². The van der Waals surface area contributed by atoms with Gasteiger partial charge in [-0.2, -0.15) is 0 Å². The number of hydrogen-bond donors (Lipinski definition) is 1. The van der Waals surface area contributed by atoms with E-state index in [9.17, 15) is 9.18 Å². The third-order valence-electron chi connectivity index (χ3n) is 2.16. The molecule has 0 saturated heterocycles. The van der Waals surface area contributed by atoms with Crippen molar-refractivity contribution in [3.63, 3.8) is 0 Å². The third-order valence-corrected chi connectivity index (χ3v) is 3.21. The predicted octanol–water partition coefficient (Wildman–Crippen LogP) is 3.86. The summed E-state index contributed by atoms with van der Waals surface area (Å²) in [5, 5.41) is 5.05. The zero-order valence-electron chi connectivity index (χ0n) is 9.94. The Hall–Kier alpha value is -1.66. The van der Waals surface area contributed by atoms with Crippen molar-refractivity contribution in [3.05, 3.63) is 40.1 Å². The SMILES string of the molecule is CCOC(=O)c1csc(Nc2ccc(F)c(Cl)c2)n1. The van der Waals surface area contributed by atoms with Crippen LogP contribution in [0.4, 0.5) is 15.2 Å². The lowest BCUT2D eigenvalue weighted by molar-refractivity contribution is 0.0520. The van der Waals surface area contributed by atoms with E-state index in [1.54, 1.807) is 12.3 Å². The molecule has 0 spiro atoms. The quantitative estimate of drug-likeness (QED) is 0.871. The van der Waals surface area contributed by atoms with E-state index in [0.29, 0.717) is 17.4 Å². The molecule has 1 aromatic heterocycles. The number of carbonyl (C=O) groups excluding carboxylic acids is 1. The molecule has 1 aromatic carbocycles. The number of rotatable bonds is 4. The molecule has 7 heteroatoms. The fraction of sp³-hybridized carbons (Fsp3) is 0.167. The average molecular weight is 301 g/mol. The molecule has 0 bridgehead atoms. The standard InChI is InChI=1S/C12H10ClFN2O2S/c1-2-18-11(17)10-6-19-12(16-10)15-7-3-4-9(14)8(13)5-7/h3-6H,2H2,1H3,(H,15,16). The van der Waals surface area contributed by atoms with Gasteiger partial charge in [-0.15, -0.1) is 11.3 Å². The fourth-order valence-corrected chi connectivity index (χ4v) is 2.21. The zero-order chi connectivity index (χ0) is 13.8. The number of anilines is 2. The molecule has 0 fully saturated rings. The highest BCUT2D eigenvalue weighted by atomic mass is 35.5. The van der Waals surface area contributed by atoms with Crippen LogP contribution in [0.2, 0.25) is 5.02 Å². The summed E-state index contributed by atoms with van der Waals surface area (Å²) in [4.78, 5) is 15.5. The van der Waals surface area contributed by atoms with Crippen LogP contribution < -0.4 is 5.32 Å². The summed E-state index contributed by atoms with van der Waals surface area (Å²) in [6, 6.07) is 4.24. The van der Waals surface area contributed by atoms with E-state index in [-0.39, 0.29) is 10.7 Å². The van der Waals surface area contributed by atoms with Crippen LogP contribution in [0.25, 0.3) is 0 Å². The van der Waals surface area contributed by atoms with Crippen LogP contribution in [0.3, 0.4) is 0 Å². The molecule has 0 amide bonds. The highest BCUT2D eigenvalue weighted by Crippen LogP contribution is 2.24. The van der Waals surface area contributed by atoms with E-state index >= 15 is 0 Å². The Kier molecular flexibility index (Phi) is 4.34. The summed E-state index contributed by atoms with van der Waals surface area (Å²) in [5.41, 5.74) is 0.832. The maximum absolute atomic E-state index is 13.0. The molecule has 1 N–H and O–H groups in total. The summed E-state index contributed by atoms with van der Waals surface area (Å²) in [5.74, 6) is -0.956. The lowest BCUT2D eigenvalue weighted by Gasteiger charge is -2.03. The van der Waals surface area contributed by atoms with Gasteiger partial charge in [-0.3, -0.25) is 0 Å². The van der Waals surface area contributed by atoms with Gasteiger partial charge in [0.1, 0.15) is 5.82 Å². The monoisotopic (exact) mass is 300 g/mol. The largest absolute Gasteiger partial charge is 0.461 e. The van der Waals surface area contributed by atoms with E-state index in [2.05, 4.69) is 10.3 Å². The molecule has 0 unspecified atom stereocenters. The summed E-state index contributed by atoms with van der Waals surface area (Å²) < 4.78 is 17.8. The summed E-state index contributed by atoms with van der Waals surface area (Å²) in [6.45, 7) is 2.02. The molecule has 19 heavy (non-hydrogen) atoms. The number of benzene rings is 1. The topological polar surface area (TPSA) is 51.2 Å². The van der Waals surface area contributed by atoms with Crippen LogP contribution >= 0.6 is 22.9 Å². The molecular formula is C12H10ClFN2O2S. The predicted molar refractivity (Wildman–Crippen MR) is 72.8 cm³/mol. The van der Waals surface area contributed by atoms with Crippen molar-refractivity contribution in [3.8, 4) is 0 Å². The molecular weight excluding hydrogens is 291 g/mol. The Morgan fingerprint density at radius 3 is 3.05 bits per heavy atom. The number of aromatic nitrogens is 1. The first-order valence-corrected chi connectivity index (χ1v) is 6.70. The van der Waals surface area contributed by atoms with Crippen LogP contribution in [-0.2, 0) is 4.74 Å². The van der Waals surface area contributed by atoms with Crippen LogP contribution in [0.1, 0.15) is 17.4 Å². The van der Waals surface area contributed by atoms with Crippen molar-refractivity contribution in [2.75, 3.05) is 11.9 Å². The third kappa shape index (κ3) is 3.42. The van der Waals surface area contributed by atoms with Crippen molar-refractivity contribution in [2.45, 2.75) is 6.92 Å². The number of esters is 1. The van der Waals surface area contributed by atoms with Crippen molar-refractivity contribution < 1.29 is 13.9 Å². The molecule has 0 aliphatic carbocycles. The van der Waals surface area contributed by atoms with Crippen LogP contribution in [-0.4, -0.2) is 17.6 Å². The van der Waals surface area contributed by atoms with Gasteiger partial charge in [0.2, 0.25) is 0 Å². The smallest absolute Gasteiger partial charge is 0.357 e. The minimum Gasteiger partial charge on any atom is -0.461 e. The van der Waals surface area contributed by atoms with Gasteiger partial charge in [-0.1, -0.05) is 11.6 Å². The number of nitrogens with one attached hydrogen (secondary N) is 1. The van der Waals surface area contributed by atoms with Crippen molar-refractivity contribution in [1.82, 2.24) is 4.98 Å². The summed E-state index contributed by atoms with van der Waals surface area (Å²) in [7, 11) is 0. The van der Waals surface area contributed by atoms with Gasteiger partial charge in [0.05, 0.1) is 11.6 Å². The number of halogens is 2. The number of hydrogen-bond acceptors (Lipinski definition) is 5. The van der Waals surface area contributed by atoms with Crippen LogP contribution in [0.5, 0.6) is 0 Å². The van der Waals surface area contributed by atoms with Crippen LogP contribution in [0.15, 0.2) is 23.6 Å². The van der Waals surface area contributed by atoms with Gasteiger partial charge in [-0.05, 0) is 25.1 Å². The lowest BCUT2D eigenvalue weighted by Crippen LogP contribution is -2.05. The Labute approximate surface area is 118 Å². The second-order valence-corrected chi connectivity index (χ2v) is 4.78. The molecule has 4 nitrogen and oxygen atoms in total. The molecule has 2 rings (SSSR count). The molecule has 0 atom stereocenters. The van der Waals surface area contributed by atoms with E-state index in [0.717, 1.165) is 0 Å². The first-order chi connectivity index (χ1) is 9.10. The van der Waals surface area contributed by atoms with Gasteiger partial charge < -0.3 is 10.1 Å². The second-order valence-electron chi connectivity index (χ2n) is 3.51. The van der Waals surface area contributed by atoms with E-state index in [1.807, 2.05) is 0 Å². The fourth-order valence-electron chi connectivity index (χ4n) is 1.33. The molecule has 1 heterocycles. The molecule has 0 aliphatic rings. The lowest BCUT2D eigenvalue weighted by atomic mass is 10.3. The average Bonchev–Trinajstić information content (AvgIpc) is 2.83. The van der Waals surface area contributed by atoms with Gasteiger partial charge >= 0.3 is 5.97 Å². The van der Waals surface area contributed by atoms with Crippen LogP contribution in [0, 0.1) is 5.82 Å². The number of thiazole rings is 1. The Morgan fingerprint density at radius 1 is 1.58 bits per heavy atom. The van der Waals surface area contributed by atoms with E-state index < -0.39 is 11.8 Å². The Morgan fingerprint density at radius 2 is 2.37 bits per heavy atom. The van der Waals surface area contributed by atoms with Crippen molar-refractivity contribution >= 4 is 39.7 Å². The number of carbonyl (C=O) groups is 1. The summed E-state index contributed by atoms with van der Waals surface area (Å²) >= 11 is 6.92. The molecule has 0 radical (unpaired) electrons. The second kappa shape index (κ2) is 5.99. The van der Waals surface area contributed by atoms with Crippen molar-refractivity contribution in [2.24, 2.45) is 0 Å². The highest BCUT2D eigenvalue weighted by Gasteiger charge is 2.11. The van der Waals surface area contributed by atoms with Crippen molar-refractivity contribution in [1.29, 1.82) is 0 Å². The normalized spacial score (nSPS) is 10.3. The number of nitrogens with zero attached hydrogens (tertiary/aromatic N) is 1. The van der Waals surface area contributed by atoms with Gasteiger partial charge in [0.25, 0.3) is 0 Å². The maximum atomic E-state index is 13.0. The molecule has 0 saturated carbocycles. The first kappa shape index (κ1) is 13.8. The minimum absolute atomic E-state index is 0.0205. The van der Waals surface area contributed by atoms with E-state index in [1.165, 1.54) is 29.5 Å². The first-order valence-electron chi connectivity index (χ1n) is 5.45. The van der Waals surface area contributed by atoms with Gasteiger partial charge in [0.15, 0.2) is 10.8 Å². The van der Waals surface area contributed by atoms with Gasteiger partial charge in [-0.25, -0.2) is 14.2 Å². The highest BCUT2D eigenvalue weighted by molar-refractivity contribution is 7.14. The number of ether oxygens (including phenoxy) is 1. The Balaban J connectivity index is 2.11. The van der Waals surface area contributed by atoms with E-state index in [4.69, 9.17) is 16.3 Å². The molecule has 100 valence electrons.